The number of aryl methyl sites for hydroxylation is 1. The van der Waals surface area contributed by atoms with E-state index in [9.17, 15) is 0 Å². The molecule has 0 aliphatic rings. The Hall–Kier alpha value is -1.03. The van der Waals surface area contributed by atoms with Crippen molar-refractivity contribution in [2.24, 2.45) is 7.05 Å². The van der Waals surface area contributed by atoms with Crippen LogP contribution >= 0.6 is 23.2 Å². The van der Waals surface area contributed by atoms with Gasteiger partial charge in [0.05, 0.1) is 10.7 Å². The smallest absolute Gasteiger partial charge is 0.0982 e. The Morgan fingerprint density at radius 3 is 2.78 bits per heavy atom. The van der Waals surface area contributed by atoms with Crippen LogP contribution in [-0.2, 0) is 13.6 Å². The Bertz CT molecular complexity index is 549. The normalized spacial score (nSPS) is 10.9. The summed E-state index contributed by atoms with van der Waals surface area (Å²) in [5.41, 5.74) is 2.94. The molecule has 0 saturated heterocycles. The van der Waals surface area contributed by atoms with Crippen LogP contribution in [0.15, 0.2) is 24.4 Å². The average Bonchev–Trinajstić information content (AvgIpc) is 2.67. The molecular formula is C13H15Cl2N3. The monoisotopic (exact) mass is 283 g/mol. The van der Waals surface area contributed by atoms with Crippen LogP contribution in [0.25, 0.3) is 11.3 Å². The van der Waals surface area contributed by atoms with Crippen LogP contribution in [0.3, 0.4) is 0 Å². The second-order valence-corrected chi connectivity index (χ2v) is 4.92. The summed E-state index contributed by atoms with van der Waals surface area (Å²) < 4.78 is 1.80. The van der Waals surface area contributed by atoms with Gasteiger partial charge in [-0.25, -0.2) is 0 Å². The van der Waals surface area contributed by atoms with Crippen LogP contribution in [0.4, 0.5) is 0 Å². The van der Waals surface area contributed by atoms with Crippen molar-refractivity contribution in [3.8, 4) is 11.3 Å². The van der Waals surface area contributed by atoms with E-state index >= 15 is 0 Å². The molecule has 0 amide bonds. The Balaban J connectivity index is 2.42. The van der Waals surface area contributed by atoms with Crippen LogP contribution in [0.2, 0.25) is 10.0 Å². The van der Waals surface area contributed by atoms with E-state index < -0.39 is 0 Å². The number of nitrogens with one attached hydrogen (secondary N) is 1. The van der Waals surface area contributed by atoms with Gasteiger partial charge in [-0.15, -0.1) is 0 Å². The summed E-state index contributed by atoms with van der Waals surface area (Å²) in [4.78, 5) is 0. The van der Waals surface area contributed by atoms with E-state index in [1.807, 2.05) is 25.4 Å². The molecule has 1 N–H and O–H groups in total. The van der Waals surface area contributed by atoms with Gasteiger partial charge in [0.2, 0.25) is 0 Å². The van der Waals surface area contributed by atoms with E-state index in [-0.39, 0.29) is 0 Å². The number of benzene rings is 1. The first-order chi connectivity index (χ1) is 8.61. The summed E-state index contributed by atoms with van der Waals surface area (Å²) in [6.07, 6.45) is 2.00. The van der Waals surface area contributed by atoms with Gasteiger partial charge in [0.15, 0.2) is 0 Å². The van der Waals surface area contributed by atoms with Gasteiger partial charge < -0.3 is 5.32 Å². The number of halogens is 2. The molecule has 5 heteroatoms. The van der Waals surface area contributed by atoms with Gasteiger partial charge in [0.25, 0.3) is 0 Å². The van der Waals surface area contributed by atoms with Crippen molar-refractivity contribution in [1.82, 2.24) is 15.1 Å². The number of hydrogen-bond donors (Lipinski definition) is 1. The van der Waals surface area contributed by atoms with Gasteiger partial charge in [-0.2, -0.15) is 5.10 Å². The van der Waals surface area contributed by atoms with Gasteiger partial charge in [0.1, 0.15) is 0 Å². The highest BCUT2D eigenvalue weighted by Gasteiger charge is 2.13. The van der Waals surface area contributed by atoms with Crippen LogP contribution in [0.1, 0.15) is 12.5 Å². The molecule has 18 heavy (non-hydrogen) atoms. The lowest BCUT2D eigenvalue weighted by Crippen LogP contribution is -2.11. The molecule has 0 fully saturated rings. The highest BCUT2D eigenvalue weighted by atomic mass is 35.5. The first kappa shape index (κ1) is 13.4. The summed E-state index contributed by atoms with van der Waals surface area (Å²) >= 11 is 12.1. The van der Waals surface area contributed by atoms with Crippen molar-refractivity contribution in [1.29, 1.82) is 0 Å². The average molecular weight is 284 g/mol. The standard InChI is InChI=1S/C13H15Cl2N3/c1-3-16-7-9-8-18(2)17-13(9)11-5-4-10(14)6-12(11)15/h4-6,8,16H,3,7H2,1-2H3. The molecule has 0 atom stereocenters. The molecule has 1 aromatic heterocycles. The quantitative estimate of drug-likeness (QED) is 0.931. The fraction of sp³-hybridized carbons (Fsp3) is 0.308. The highest BCUT2D eigenvalue weighted by Crippen LogP contribution is 2.31. The molecule has 0 bridgehead atoms. The molecule has 0 saturated carbocycles. The Labute approximate surface area is 117 Å². The van der Waals surface area contributed by atoms with Crippen molar-refractivity contribution in [2.75, 3.05) is 6.54 Å². The molecule has 1 aromatic carbocycles. The van der Waals surface area contributed by atoms with Gasteiger partial charge in [-0.3, -0.25) is 4.68 Å². The minimum absolute atomic E-state index is 0.624. The van der Waals surface area contributed by atoms with Gasteiger partial charge in [-0.1, -0.05) is 30.1 Å². The molecule has 0 radical (unpaired) electrons. The first-order valence-corrected chi connectivity index (χ1v) is 6.56. The zero-order chi connectivity index (χ0) is 13.1. The van der Waals surface area contributed by atoms with E-state index in [0.29, 0.717) is 10.0 Å². The van der Waals surface area contributed by atoms with Crippen LogP contribution < -0.4 is 5.32 Å². The molecular weight excluding hydrogens is 269 g/mol. The van der Waals surface area contributed by atoms with E-state index in [2.05, 4.69) is 17.3 Å². The number of nitrogens with zero attached hydrogens (tertiary/aromatic N) is 2. The van der Waals surface area contributed by atoms with Crippen molar-refractivity contribution >= 4 is 23.2 Å². The zero-order valence-corrected chi connectivity index (χ0v) is 11.9. The molecule has 0 aliphatic carbocycles. The molecule has 2 aromatic rings. The second-order valence-electron chi connectivity index (χ2n) is 4.08. The SMILES string of the molecule is CCNCc1cn(C)nc1-c1ccc(Cl)cc1Cl. The van der Waals surface area contributed by atoms with E-state index in [4.69, 9.17) is 23.2 Å². The third kappa shape index (κ3) is 2.86. The van der Waals surface area contributed by atoms with E-state index in [1.165, 1.54) is 0 Å². The second kappa shape index (κ2) is 5.74. The maximum Gasteiger partial charge on any atom is 0.0982 e. The molecule has 2 rings (SSSR count). The lowest BCUT2D eigenvalue weighted by molar-refractivity contribution is 0.724. The predicted octanol–water partition coefficient (Wildman–Crippen LogP) is 3.50. The third-order valence-corrected chi connectivity index (χ3v) is 3.20. The van der Waals surface area contributed by atoms with Crippen LogP contribution in [0, 0.1) is 0 Å². The summed E-state index contributed by atoms with van der Waals surface area (Å²) in [7, 11) is 1.91. The van der Waals surface area contributed by atoms with Gasteiger partial charge >= 0.3 is 0 Å². The molecule has 3 nitrogen and oxygen atoms in total. The fourth-order valence-electron chi connectivity index (χ4n) is 1.83. The molecule has 96 valence electrons. The number of hydrogen-bond acceptors (Lipinski definition) is 2. The predicted molar refractivity (Wildman–Crippen MR) is 76.0 cm³/mol. The lowest BCUT2D eigenvalue weighted by atomic mass is 10.1. The summed E-state index contributed by atoms with van der Waals surface area (Å²) in [5.74, 6) is 0. The first-order valence-electron chi connectivity index (χ1n) is 5.80. The van der Waals surface area contributed by atoms with Gasteiger partial charge in [-0.05, 0) is 24.7 Å². The highest BCUT2D eigenvalue weighted by molar-refractivity contribution is 6.36. The molecule has 1 heterocycles. The fourth-order valence-corrected chi connectivity index (χ4v) is 2.33. The van der Waals surface area contributed by atoms with Crippen molar-refractivity contribution in [3.05, 3.63) is 40.0 Å². The number of aromatic nitrogens is 2. The van der Waals surface area contributed by atoms with E-state index in [1.54, 1.807) is 10.7 Å². The number of rotatable bonds is 4. The molecule has 0 spiro atoms. The van der Waals surface area contributed by atoms with E-state index in [0.717, 1.165) is 29.9 Å². The third-order valence-electron chi connectivity index (χ3n) is 2.66. The molecule has 0 aliphatic heterocycles. The maximum atomic E-state index is 6.23. The zero-order valence-electron chi connectivity index (χ0n) is 10.4. The topological polar surface area (TPSA) is 29.9 Å². The van der Waals surface area contributed by atoms with Crippen molar-refractivity contribution in [2.45, 2.75) is 13.5 Å². The van der Waals surface area contributed by atoms with Crippen molar-refractivity contribution in [3.63, 3.8) is 0 Å². The maximum absolute atomic E-state index is 6.23. The molecule has 0 unspecified atom stereocenters. The summed E-state index contributed by atoms with van der Waals surface area (Å²) in [5, 5.41) is 9.03. The Morgan fingerprint density at radius 1 is 1.33 bits per heavy atom. The van der Waals surface area contributed by atoms with Crippen LogP contribution in [0.5, 0.6) is 0 Å². The lowest BCUT2D eigenvalue weighted by Gasteiger charge is -2.05. The van der Waals surface area contributed by atoms with Crippen molar-refractivity contribution < 1.29 is 0 Å². The minimum atomic E-state index is 0.624. The minimum Gasteiger partial charge on any atom is -0.313 e. The Morgan fingerprint density at radius 2 is 2.11 bits per heavy atom. The summed E-state index contributed by atoms with van der Waals surface area (Å²) in [6.45, 7) is 3.77. The Kier molecular flexibility index (Phi) is 4.27. The van der Waals surface area contributed by atoms with Gasteiger partial charge in [0, 0.05) is 35.9 Å². The summed E-state index contributed by atoms with van der Waals surface area (Å²) in [6, 6.07) is 5.47. The van der Waals surface area contributed by atoms with Crippen LogP contribution in [-0.4, -0.2) is 16.3 Å². The largest absolute Gasteiger partial charge is 0.313 e.